The quantitative estimate of drug-likeness (QED) is 0.171. The van der Waals surface area contributed by atoms with Gasteiger partial charge in [-0.05, 0) is 112 Å². The normalized spacial score (nSPS) is 19.4. The van der Waals surface area contributed by atoms with Gasteiger partial charge in [-0.3, -0.25) is 0 Å². The summed E-state index contributed by atoms with van der Waals surface area (Å²) in [5, 5.41) is 12.4. The maximum absolute atomic E-state index is 10.3. The number of fused-ring (bicyclic) bond motifs is 10. The monoisotopic (exact) mass is 746 g/mol. The Morgan fingerprint density at radius 1 is 0.714 bits per heavy atom. The van der Waals surface area contributed by atoms with Gasteiger partial charge in [0.1, 0.15) is 23.0 Å². The molecule has 7 nitrogen and oxygen atoms in total. The van der Waals surface area contributed by atoms with E-state index < -0.39 is 5.60 Å². The lowest BCUT2D eigenvalue weighted by molar-refractivity contribution is 0.0641. The number of hydrogen-bond acceptors (Lipinski definition) is 7. The zero-order valence-electron chi connectivity index (χ0n) is 33.5. The molecular formula is C49H50N2O5. The molecule has 7 heteroatoms. The second kappa shape index (κ2) is 13.1. The van der Waals surface area contributed by atoms with Crippen LogP contribution in [-0.2, 0) is 15.8 Å². The molecule has 2 fully saturated rings. The number of hydrogen-bond donors (Lipinski definition) is 0. The summed E-state index contributed by atoms with van der Waals surface area (Å²) in [6, 6.07) is 29.8. The van der Waals surface area contributed by atoms with Gasteiger partial charge >= 0.3 is 0 Å². The van der Waals surface area contributed by atoms with Crippen LogP contribution in [0.5, 0.6) is 23.0 Å². The highest BCUT2D eigenvalue weighted by Gasteiger charge is 2.55. The molecule has 5 aromatic rings. The van der Waals surface area contributed by atoms with Gasteiger partial charge in [-0.1, -0.05) is 64.1 Å². The summed E-state index contributed by atoms with van der Waals surface area (Å²) in [5.41, 5.74) is 8.54. The Morgan fingerprint density at radius 3 is 1.91 bits per heavy atom. The number of nitriles is 1. The highest BCUT2D eigenvalue weighted by atomic mass is 16.5. The first-order valence-corrected chi connectivity index (χ1v) is 19.7. The lowest BCUT2D eigenvalue weighted by Gasteiger charge is -2.52. The van der Waals surface area contributed by atoms with E-state index >= 15 is 0 Å². The van der Waals surface area contributed by atoms with E-state index in [-0.39, 0.29) is 16.2 Å². The van der Waals surface area contributed by atoms with E-state index in [0.29, 0.717) is 18.8 Å². The molecule has 0 N–H and O–H groups in total. The summed E-state index contributed by atoms with van der Waals surface area (Å²) in [7, 11) is 5.13. The molecule has 1 saturated heterocycles. The fraction of sp³-hybridized carbons (Fsp3) is 0.367. The van der Waals surface area contributed by atoms with Crippen molar-refractivity contribution in [2.24, 2.45) is 10.8 Å². The molecule has 0 unspecified atom stereocenters. The van der Waals surface area contributed by atoms with Crippen LogP contribution >= 0.6 is 0 Å². The predicted molar refractivity (Wildman–Crippen MR) is 222 cm³/mol. The largest absolute Gasteiger partial charge is 0.497 e. The van der Waals surface area contributed by atoms with Crippen molar-refractivity contribution in [1.82, 2.24) is 0 Å². The molecule has 0 radical (unpaired) electrons. The maximum atomic E-state index is 10.3. The first kappa shape index (κ1) is 36.2. The van der Waals surface area contributed by atoms with Crippen LogP contribution in [0.2, 0.25) is 0 Å². The van der Waals surface area contributed by atoms with Crippen LogP contribution in [0.1, 0.15) is 80.3 Å². The van der Waals surface area contributed by atoms with Gasteiger partial charge in [-0.25, -0.2) is 0 Å². The smallest absolute Gasteiger partial charge is 0.178 e. The van der Waals surface area contributed by atoms with Crippen molar-refractivity contribution in [3.63, 3.8) is 0 Å². The van der Waals surface area contributed by atoms with E-state index in [1.165, 1.54) is 22.3 Å². The molecule has 0 bridgehead atoms. The standard InChI is InChI=1S/C49H50N2O5/c1-46(2)28-47(3,4)30-48(29-46)40-24-31(27-50)8-17-36(40)43-38-25-41(51-20-22-55-23-21-51)42(54-7)26-39(38)45-37(44(43)48)18-19-49(56-45,32-9-13-34(52-5)14-10-32)33-11-15-35(53-6)16-12-33/h8-19,24-26H,20-23,28-30H2,1-7H3. The first-order valence-electron chi connectivity index (χ1n) is 19.7. The molecule has 0 aromatic heterocycles. The molecule has 2 heterocycles. The SMILES string of the molecule is COc1ccc(C2(c3ccc(OC)cc3)C=Cc3c4c(c5cc(N6CCOCC6)c(OC)cc5c3O2)-c2ccc(C#N)cc2C42CC(C)(C)CC(C)(C)C2)cc1. The van der Waals surface area contributed by atoms with E-state index in [1.54, 1.807) is 21.3 Å². The molecule has 286 valence electrons. The molecule has 2 aliphatic carbocycles. The summed E-state index contributed by atoms with van der Waals surface area (Å²) in [5.74, 6) is 3.18. The third-order valence-corrected chi connectivity index (χ3v) is 12.7. The van der Waals surface area contributed by atoms with Gasteiger partial charge in [0.05, 0.1) is 51.9 Å². The van der Waals surface area contributed by atoms with E-state index in [9.17, 15) is 5.26 Å². The average molecular weight is 747 g/mol. The molecule has 4 aliphatic rings. The first-order chi connectivity index (χ1) is 26.9. The predicted octanol–water partition coefficient (Wildman–Crippen LogP) is 10.4. The number of anilines is 1. The van der Waals surface area contributed by atoms with Crippen molar-refractivity contribution in [3.05, 3.63) is 118 Å². The number of rotatable bonds is 6. The summed E-state index contributed by atoms with van der Waals surface area (Å²) < 4.78 is 31.0. The zero-order chi connectivity index (χ0) is 39.0. The van der Waals surface area contributed by atoms with E-state index in [4.69, 9.17) is 23.7 Å². The van der Waals surface area contributed by atoms with E-state index in [1.807, 2.05) is 30.3 Å². The Hall–Kier alpha value is -5.45. The molecule has 0 atom stereocenters. The van der Waals surface area contributed by atoms with Gasteiger partial charge in [-0.2, -0.15) is 5.26 Å². The van der Waals surface area contributed by atoms with Crippen LogP contribution in [0.25, 0.3) is 28.0 Å². The fourth-order valence-electron chi connectivity index (χ4n) is 11.1. The Morgan fingerprint density at radius 2 is 1.34 bits per heavy atom. The second-order valence-electron chi connectivity index (χ2n) is 17.6. The van der Waals surface area contributed by atoms with E-state index in [0.717, 1.165) is 88.5 Å². The Labute approximate surface area is 330 Å². The van der Waals surface area contributed by atoms with Crippen LogP contribution < -0.4 is 23.8 Å². The molecule has 1 spiro atoms. The van der Waals surface area contributed by atoms with Crippen LogP contribution in [0.4, 0.5) is 5.69 Å². The lowest BCUT2D eigenvalue weighted by Crippen LogP contribution is -2.44. The van der Waals surface area contributed by atoms with Crippen LogP contribution in [0.15, 0.2) is 84.9 Å². The van der Waals surface area contributed by atoms with Crippen LogP contribution in [0, 0.1) is 22.2 Å². The van der Waals surface area contributed by atoms with Crippen molar-refractivity contribution in [1.29, 1.82) is 5.26 Å². The highest BCUT2D eigenvalue weighted by molar-refractivity contribution is 6.10. The number of methoxy groups -OCH3 is 3. The second-order valence-corrected chi connectivity index (χ2v) is 17.6. The van der Waals surface area contributed by atoms with Crippen LogP contribution in [-0.4, -0.2) is 47.6 Å². The minimum absolute atomic E-state index is 0.0408. The number of ether oxygens (including phenoxy) is 5. The van der Waals surface area contributed by atoms with Crippen LogP contribution in [0.3, 0.4) is 0 Å². The van der Waals surface area contributed by atoms with Gasteiger partial charge in [0.25, 0.3) is 0 Å². The van der Waals surface area contributed by atoms with Crippen molar-refractivity contribution in [2.75, 3.05) is 52.5 Å². The van der Waals surface area contributed by atoms with E-state index in [2.05, 4.69) is 99.3 Å². The van der Waals surface area contributed by atoms with Gasteiger partial charge in [0.2, 0.25) is 0 Å². The fourth-order valence-corrected chi connectivity index (χ4v) is 11.1. The zero-order valence-corrected chi connectivity index (χ0v) is 33.5. The van der Waals surface area contributed by atoms with Crippen molar-refractivity contribution < 1.29 is 23.7 Å². The molecule has 2 aliphatic heterocycles. The summed E-state index contributed by atoms with van der Waals surface area (Å²) in [6.07, 6.45) is 7.59. The number of benzene rings is 5. The topological polar surface area (TPSA) is 73.2 Å². The van der Waals surface area contributed by atoms with Gasteiger partial charge < -0.3 is 28.6 Å². The minimum Gasteiger partial charge on any atom is -0.497 e. The third-order valence-electron chi connectivity index (χ3n) is 12.7. The highest BCUT2D eigenvalue weighted by Crippen LogP contribution is 2.67. The number of nitrogens with zero attached hydrogens (tertiary/aromatic N) is 2. The Balaban J connectivity index is 1.40. The Kier molecular flexibility index (Phi) is 8.45. The summed E-state index contributed by atoms with van der Waals surface area (Å²) >= 11 is 0. The molecule has 0 amide bonds. The number of morpholine rings is 1. The molecular weight excluding hydrogens is 697 g/mol. The molecule has 1 saturated carbocycles. The Bertz CT molecular complexity index is 2370. The van der Waals surface area contributed by atoms with Gasteiger partial charge in [0, 0.05) is 40.6 Å². The van der Waals surface area contributed by atoms with Crippen molar-refractivity contribution in [2.45, 2.75) is 58.0 Å². The summed E-state index contributed by atoms with van der Waals surface area (Å²) in [4.78, 5) is 2.38. The van der Waals surface area contributed by atoms with Crippen molar-refractivity contribution >= 4 is 22.5 Å². The maximum Gasteiger partial charge on any atom is 0.178 e. The third kappa shape index (κ3) is 5.56. The van der Waals surface area contributed by atoms with Gasteiger partial charge in [-0.15, -0.1) is 0 Å². The molecule has 9 rings (SSSR count). The summed E-state index contributed by atoms with van der Waals surface area (Å²) in [6.45, 7) is 12.6. The van der Waals surface area contributed by atoms with Gasteiger partial charge in [0.15, 0.2) is 5.60 Å². The molecule has 56 heavy (non-hydrogen) atoms. The average Bonchev–Trinajstić information content (AvgIpc) is 3.46. The molecule has 5 aromatic carbocycles. The van der Waals surface area contributed by atoms with Crippen molar-refractivity contribution in [3.8, 4) is 40.2 Å². The minimum atomic E-state index is -0.972. The lowest BCUT2D eigenvalue weighted by atomic mass is 9.52.